The lowest BCUT2D eigenvalue weighted by molar-refractivity contribution is 0.0947. The van der Waals surface area contributed by atoms with Crippen molar-refractivity contribution < 1.29 is 9.53 Å². The number of aromatic nitrogens is 2. The van der Waals surface area contributed by atoms with Crippen LogP contribution in [0.25, 0.3) is 32.9 Å². The quantitative estimate of drug-likeness (QED) is 0.495. The molecule has 0 spiro atoms. The van der Waals surface area contributed by atoms with Crippen LogP contribution in [-0.2, 0) is 6.42 Å². The predicted molar refractivity (Wildman–Crippen MR) is 116 cm³/mol. The zero-order chi connectivity index (χ0) is 20.0. The lowest BCUT2D eigenvalue weighted by atomic mass is 10.0. The zero-order valence-corrected chi connectivity index (χ0v) is 16.8. The normalized spacial score (nSPS) is 13.5. The first kappa shape index (κ1) is 18.0. The van der Waals surface area contributed by atoms with E-state index < -0.39 is 0 Å². The van der Waals surface area contributed by atoms with Crippen molar-refractivity contribution in [3.05, 3.63) is 58.9 Å². The van der Waals surface area contributed by atoms with Gasteiger partial charge in [0.25, 0.3) is 5.91 Å². The molecule has 0 aliphatic carbocycles. The van der Waals surface area contributed by atoms with E-state index in [1.54, 1.807) is 0 Å². The van der Waals surface area contributed by atoms with Gasteiger partial charge in [0, 0.05) is 46.6 Å². The van der Waals surface area contributed by atoms with Crippen LogP contribution in [0.4, 0.5) is 0 Å². The standard InChI is InChI=1S/C23H20ClN3O2/c1-2-9-29-20-6-4-13(10-17(20)24)19-11-16-14(12-26-19)3-5-15-21-18(27-22(15)16)7-8-25-23(21)28/h3-6,10-12,27H,2,7-9H2,1H3,(H,25,28). The van der Waals surface area contributed by atoms with E-state index in [0.29, 0.717) is 23.9 Å². The van der Waals surface area contributed by atoms with Gasteiger partial charge >= 0.3 is 0 Å². The van der Waals surface area contributed by atoms with Gasteiger partial charge in [0.05, 0.1) is 28.4 Å². The Kier molecular flexibility index (Phi) is 4.40. The molecule has 6 heteroatoms. The third-order valence-electron chi connectivity index (χ3n) is 5.33. The maximum Gasteiger partial charge on any atom is 0.253 e. The molecule has 2 N–H and O–H groups in total. The number of benzene rings is 2. The first-order chi connectivity index (χ1) is 14.2. The zero-order valence-electron chi connectivity index (χ0n) is 16.0. The van der Waals surface area contributed by atoms with E-state index in [9.17, 15) is 4.79 Å². The second-order valence-electron chi connectivity index (χ2n) is 7.26. The van der Waals surface area contributed by atoms with Gasteiger partial charge in [0.15, 0.2) is 0 Å². The number of halogens is 1. The molecule has 5 nitrogen and oxygen atoms in total. The molecule has 5 rings (SSSR count). The van der Waals surface area contributed by atoms with Crippen molar-refractivity contribution >= 4 is 39.2 Å². The second kappa shape index (κ2) is 7.08. The molecule has 1 aliphatic heterocycles. The number of H-pyrrole nitrogens is 1. The van der Waals surface area contributed by atoms with Gasteiger partial charge in [-0.2, -0.15) is 0 Å². The average Bonchev–Trinajstić information content (AvgIpc) is 3.13. The fourth-order valence-corrected chi connectivity index (χ4v) is 4.15. The molecule has 0 saturated heterocycles. The summed E-state index contributed by atoms with van der Waals surface area (Å²) in [6, 6.07) is 11.8. The third kappa shape index (κ3) is 3.02. The summed E-state index contributed by atoms with van der Waals surface area (Å²) in [5.41, 5.74) is 4.47. The van der Waals surface area contributed by atoms with E-state index in [4.69, 9.17) is 16.3 Å². The highest BCUT2D eigenvalue weighted by atomic mass is 35.5. The van der Waals surface area contributed by atoms with Gasteiger partial charge < -0.3 is 15.0 Å². The molecule has 0 atom stereocenters. The molecule has 2 aromatic carbocycles. The van der Waals surface area contributed by atoms with Gasteiger partial charge in [0.2, 0.25) is 0 Å². The molecule has 1 amide bonds. The molecule has 0 fully saturated rings. The van der Waals surface area contributed by atoms with E-state index in [1.807, 2.05) is 36.5 Å². The molecule has 0 unspecified atom stereocenters. The van der Waals surface area contributed by atoms with Gasteiger partial charge in [0.1, 0.15) is 5.75 Å². The van der Waals surface area contributed by atoms with Gasteiger partial charge in [-0.05, 0) is 30.7 Å². The van der Waals surface area contributed by atoms with Crippen LogP contribution in [0, 0.1) is 0 Å². The minimum atomic E-state index is -0.0134. The smallest absolute Gasteiger partial charge is 0.253 e. The van der Waals surface area contributed by atoms with Crippen molar-refractivity contribution in [3.8, 4) is 17.0 Å². The number of nitrogens with zero attached hydrogens (tertiary/aromatic N) is 1. The topological polar surface area (TPSA) is 67.0 Å². The fourth-order valence-electron chi connectivity index (χ4n) is 3.92. The molecule has 0 saturated carbocycles. The van der Waals surface area contributed by atoms with Crippen LogP contribution in [0.15, 0.2) is 42.6 Å². The summed E-state index contributed by atoms with van der Waals surface area (Å²) in [5, 5.41) is 6.51. The van der Waals surface area contributed by atoms with E-state index in [1.165, 1.54) is 0 Å². The Morgan fingerprint density at radius 3 is 2.90 bits per heavy atom. The third-order valence-corrected chi connectivity index (χ3v) is 5.62. The minimum absolute atomic E-state index is 0.0134. The van der Waals surface area contributed by atoms with Crippen LogP contribution in [0.1, 0.15) is 29.4 Å². The van der Waals surface area contributed by atoms with Crippen LogP contribution >= 0.6 is 11.6 Å². The average molecular weight is 406 g/mol. The van der Waals surface area contributed by atoms with Gasteiger partial charge in [-0.1, -0.05) is 30.7 Å². The van der Waals surface area contributed by atoms with Crippen molar-refractivity contribution in [2.24, 2.45) is 0 Å². The van der Waals surface area contributed by atoms with Crippen LogP contribution < -0.4 is 10.1 Å². The van der Waals surface area contributed by atoms with E-state index in [-0.39, 0.29) is 5.91 Å². The number of hydrogen-bond donors (Lipinski definition) is 2. The van der Waals surface area contributed by atoms with Crippen LogP contribution in [0.5, 0.6) is 5.75 Å². The highest BCUT2D eigenvalue weighted by molar-refractivity contribution is 6.32. The van der Waals surface area contributed by atoms with Crippen LogP contribution in [0.2, 0.25) is 5.02 Å². The monoisotopic (exact) mass is 405 g/mol. The molecular weight excluding hydrogens is 386 g/mol. The molecule has 29 heavy (non-hydrogen) atoms. The summed E-state index contributed by atoms with van der Waals surface area (Å²) in [7, 11) is 0. The lowest BCUT2D eigenvalue weighted by Crippen LogP contribution is -2.31. The molecule has 0 bridgehead atoms. The molecule has 2 aromatic heterocycles. The maximum absolute atomic E-state index is 12.4. The number of carbonyl (C=O) groups is 1. The Morgan fingerprint density at radius 2 is 2.07 bits per heavy atom. The van der Waals surface area contributed by atoms with E-state index >= 15 is 0 Å². The Morgan fingerprint density at radius 1 is 1.17 bits per heavy atom. The SMILES string of the molecule is CCCOc1ccc(-c2cc3c(ccc4c5c([nH]c43)CCNC5=O)cn2)cc1Cl. The van der Waals surface area contributed by atoms with E-state index in [0.717, 1.165) is 57.0 Å². The Balaban J connectivity index is 1.64. The molecular formula is C23H20ClN3O2. The summed E-state index contributed by atoms with van der Waals surface area (Å²) < 4.78 is 5.67. The van der Waals surface area contributed by atoms with Crippen LogP contribution in [-0.4, -0.2) is 29.0 Å². The molecule has 4 aromatic rings. The van der Waals surface area contributed by atoms with Crippen molar-refractivity contribution in [3.63, 3.8) is 0 Å². The summed E-state index contributed by atoms with van der Waals surface area (Å²) in [6.45, 7) is 3.36. The molecule has 0 radical (unpaired) electrons. The largest absolute Gasteiger partial charge is 0.492 e. The summed E-state index contributed by atoms with van der Waals surface area (Å²) in [4.78, 5) is 20.5. The predicted octanol–water partition coefficient (Wildman–Crippen LogP) is 5.11. The maximum atomic E-state index is 12.4. The van der Waals surface area contributed by atoms with Gasteiger partial charge in [-0.25, -0.2) is 0 Å². The first-order valence-electron chi connectivity index (χ1n) is 9.80. The Bertz CT molecular complexity index is 1260. The Hall–Kier alpha value is -3.05. The van der Waals surface area contributed by atoms with Gasteiger partial charge in [-0.15, -0.1) is 0 Å². The number of ether oxygens (including phenoxy) is 1. The highest BCUT2D eigenvalue weighted by Crippen LogP contribution is 2.34. The van der Waals surface area contributed by atoms with Crippen molar-refractivity contribution in [2.75, 3.05) is 13.2 Å². The number of aromatic amines is 1. The number of rotatable bonds is 4. The second-order valence-corrected chi connectivity index (χ2v) is 7.66. The van der Waals surface area contributed by atoms with Crippen molar-refractivity contribution in [1.29, 1.82) is 0 Å². The fraction of sp³-hybridized carbons (Fsp3) is 0.217. The summed E-state index contributed by atoms with van der Waals surface area (Å²) in [5.74, 6) is 0.670. The molecule has 146 valence electrons. The number of amides is 1. The lowest BCUT2D eigenvalue weighted by Gasteiger charge is -2.11. The molecule has 3 heterocycles. The van der Waals surface area contributed by atoms with Gasteiger partial charge in [-0.3, -0.25) is 9.78 Å². The molecule has 1 aliphatic rings. The number of hydrogen-bond acceptors (Lipinski definition) is 3. The highest BCUT2D eigenvalue weighted by Gasteiger charge is 2.23. The van der Waals surface area contributed by atoms with Crippen molar-refractivity contribution in [2.45, 2.75) is 19.8 Å². The van der Waals surface area contributed by atoms with E-state index in [2.05, 4.69) is 28.3 Å². The van der Waals surface area contributed by atoms with Crippen LogP contribution in [0.3, 0.4) is 0 Å². The number of pyridine rings is 1. The summed E-state index contributed by atoms with van der Waals surface area (Å²) >= 11 is 6.41. The minimum Gasteiger partial charge on any atom is -0.492 e. The number of carbonyl (C=O) groups excluding carboxylic acids is 1. The first-order valence-corrected chi connectivity index (χ1v) is 10.2. The number of fused-ring (bicyclic) bond motifs is 5. The van der Waals surface area contributed by atoms with Crippen molar-refractivity contribution in [1.82, 2.24) is 15.3 Å². The number of nitrogens with one attached hydrogen (secondary N) is 2. The Labute approximate surface area is 173 Å². The summed E-state index contributed by atoms with van der Waals surface area (Å²) in [6.07, 6.45) is 3.60.